The molecule has 0 aliphatic rings. The molecule has 0 saturated heterocycles. The molecule has 0 aliphatic heterocycles. The summed E-state index contributed by atoms with van der Waals surface area (Å²) in [6, 6.07) is 5.06. The topological polar surface area (TPSA) is 43.1 Å². The van der Waals surface area contributed by atoms with Gasteiger partial charge in [-0.15, -0.1) is 0 Å². The summed E-state index contributed by atoms with van der Waals surface area (Å²) in [5.74, 6) is -0.834. The number of carbonyl (C=O) groups is 1. The largest absolute Gasteiger partial charge is 0.387 e. The molecule has 1 aromatic rings. The molecule has 12 heavy (non-hydrogen) atoms. The molecule has 0 radical (unpaired) electrons. The van der Waals surface area contributed by atoms with E-state index >= 15 is 0 Å². The van der Waals surface area contributed by atoms with Gasteiger partial charge >= 0.3 is 0 Å². The van der Waals surface area contributed by atoms with Crippen LogP contribution in [-0.4, -0.2) is 10.8 Å². The van der Waals surface area contributed by atoms with Gasteiger partial charge < -0.3 is 5.73 Å². The first-order valence-electron chi connectivity index (χ1n) is 3.21. The lowest BCUT2D eigenvalue weighted by atomic mass is 10.1. The van der Waals surface area contributed by atoms with Crippen LogP contribution in [-0.2, 0) is 0 Å². The highest BCUT2D eigenvalue weighted by Gasteiger charge is 2.07. The smallest absolute Gasteiger partial charge is 0.219 e. The first-order chi connectivity index (χ1) is 5.61. The van der Waals surface area contributed by atoms with Crippen LogP contribution in [0, 0.1) is 5.82 Å². The van der Waals surface area contributed by atoms with Gasteiger partial charge in [0.15, 0.2) is 0 Å². The molecule has 2 nitrogen and oxygen atoms in total. The Kier molecular flexibility index (Phi) is 2.50. The van der Waals surface area contributed by atoms with Crippen molar-refractivity contribution in [2.45, 2.75) is 0 Å². The molecule has 0 aliphatic carbocycles. The number of ketones is 1. The predicted octanol–water partition coefficient (Wildman–Crippen LogP) is 1.29. The van der Waals surface area contributed by atoms with Crippen molar-refractivity contribution >= 4 is 23.0 Å². The zero-order chi connectivity index (χ0) is 9.14. The number of hydrogen-bond acceptors (Lipinski definition) is 2. The molecule has 0 heterocycles. The molecule has 2 N–H and O–H groups in total. The third kappa shape index (κ3) is 1.85. The van der Waals surface area contributed by atoms with Crippen molar-refractivity contribution in [3.05, 3.63) is 35.6 Å². The van der Waals surface area contributed by atoms with E-state index in [0.717, 1.165) is 0 Å². The van der Waals surface area contributed by atoms with Gasteiger partial charge in [-0.25, -0.2) is 4.39 Å². The van der Waals surface area contributed by atoms with E-state index in [-0.39, 0.29) is 4.99 Å². The molecule has 0 aromatic heterocycles. The first kappa shape index (κ1) is 8.80. The minimum atomic E-state index is -0.440. The van der Waals surface area contributed by atoms with Gasteiger partial charge in [-0.1, -0.05) is 12.2 Å². The van der Waals surface area contributed by atoms with Crippen LogP contribution in [0.15, 0.2) is 24.3 Å². The second kappa shape index (κ2) is 3.40. The summed E-state index contributed by atoms with van der Waals surface area (Å²) in [6.45, 7) is 0. The molecule has 1 rings (SSSR count). The Morgan fingerprint density at radius 3 is 2.25 bits per heavy atom. The van der Waals surface area contributed by atoms with E-state index in [1.54, 1.807) is 0 Å². The van der Waals surface area contributed by atoms with Crippen LogP contribution in [0.5, 0.6) is 0 Å². The maximum atomic E-state index is 12.4. The molecule has 0 bridgehead atoms. The Hall–Kier alpha value is -1.29. The maximum absolute atomic E-state index is 12.4. The Balaban J connectivity index is 2.98. The van der Waals surface area contributed by atoms with Gasteiger partial charge in [0.25, 0.3) is 0 Å². The maximum Gasteiger partial charge on any atom is 0.219 e. The number of benzene rings is 1. The first-order valence-corrected chi connectivity index (χ1v) is 3.62. The number of thiocarbonyl (C=S) groups is 1. The minimum Gasteiger partial charge on any atom is -0.387 e. The molecule has 0 atom stereocenters. The molecule has 0 amide bonds. The lowest BCUT2D eigenvalue weighted by Crippen LogP contribution is -2.20. The molecule has 0 unspecified atom stereocenters. The second-order valence-corrected chi connectivity index (χ2v) is 2.64. The molecule has 0 spiro atoms. The third-order valence-electron chi connectivity index (χ3n) is 1.33. The zero-order valence-electron chi connectivity index (χ0n) is 6.08. The summed E-state index contributed by atoms with van der Waals surface area (Å²) >= 11 is 4.47. The van der Waals surface area contributed by atoms with Crippen LogP contribution in [0.25, 0.3) is 0 Å². The highest BCUT2D eigenvalue weighted by atomic mass is 32.1. The Labute approximate surface area is 74.2 Å². The van der Waals surface area contributed by atoms with Gasteiger partial charge in [0.1, 0.15) is 10.8 Å². The summed E-state index contributed by atoms with van der Waals surface area (Å²) in [7, 11) is 0. The zero-order valence-corrected chi connectivity index (χ0v) is 6.90. The standard InChI is InChI=1S/C8H6FNOS/c9-6-3-1-5(2-4-6)7(11)8(10)12/h1-4H,(H2,10,12). The highest BCUT2D eigenvalue weighted by Crippen LogP contribution is 2.03. The van der Waals surface area contributed by atoms with E-state index in [2.05, 4.69) is 12.2 Å². The molecule has 0 fully saturated rings. The summed E-state index contributed by atoms with van der Waals surface area (Å²) in [4.78, 5) is 10.9. The average molecular weight is 183 g/mol. The van der Waals surface area contributed by atoms with Crippen molar-refractivity contribution in [3.8, 4) is 0 Å². The lowest BCUT2D eigenvalue weighted by Gasteiger charge is -1.96. The van der Waals surface area contributed by atoms with Crippen LogP contribution in [0.3, 0.4) is 0 Å². The van der Waals surface area contributed by atoms with Crippen molar-refractivity contribution < 1.29 is 9.18 Å². The highest BCUT2D eigenvalue weighted by molar-refractivity contribution is 7.82. The summed E-state index contributed by atoms with van der Waals surface area (Å²) < 4.78 is 12.4. The normalized spacial score (nSPS) is 9.42. The Bertz CT molecular complexity index is 320. The van der Waals surface area contributed by atoms with Crippen molar-refractivity contribution in [2.75, 3.05) is 0 Å². The van der Waals surface area contributed by atoms with Crippen molar-refractivity contribution in [1.29, 1.82) is 0 Å². The van der Waals surface area contributed by atoms with Crippen LogP contribution in [0.2, 0.25) is 0 Å². The van der Waals surface area contributed by atoms with Crippen LogP contribution in [0.1, 0.15) is 10.4 Å². The van der Waals surface area contributed by atoms with E-state index in [9.17, 15) is 9.18 Å². The van der Waals surface area contributed by atoms with E-state index in [4.69, 9.17) is 5.73 Å². The monoisotopic (exact) mass is 183 g/mol. The van der Waals surface area contributed by atoms with Gasteiger partial charge in [-0.05, 0) is 24.3 Å². The van der Waals surface area contributed by atoms with Crippen molar-refractivity contribution in [3.63, 3.8) is 0 Å². The Morgan fingerprint density at radius 2 is 1.83 bits per heavy atom. The van der Waals surface area contributed by atoms with Gasteiger partial charge in [0.2, 0.25) is 5.78 Å². The fourth-order valence-electron chi connectivity index (χ4n) is 0.744. The van der Waals surface area contributed by atoms with Gasteiger partial charge in [-0.3, -0.25) is 4.79 Å². The quantitative estimate of drug-likeness (QED) is 0.555. The van der Waals surface area contributed by atoms with E-state index < -0.39 is 11.6 Å². The molecule has 62 valence electrons. The molecule has 4 heteroatoms. The van der Waals surface area contributed by atoms with Crippen molar-refractivity contribution in [2.24, 2.45) is 5.73 Å². The van der Waals surface area contributed by atoms with Crippen LogP contribution < -0.4 is 5.73 Å². The summed E-state index contributed by atoms with van der Waals surface area (Å²) in [5.41, 5.74) is 5.40. The summed E-state index contributed by atoms with van der Waals surface area (Å²) in [5, 5.41) is 0. The number of halogens is 1. The number of Topliss-reactive ketones (excluding diaryl/α,β-unsaturated/α-hetero) is 1. The molecular formula is C8H6FNOS. The lowest BCUT2D eigenvalue weighted by molar-refractivity contribution is 0.106. The third-order valence-corrected chi connectivity index (χ3v) is 1.52. The fraction of sp³-hybridized carbons (Fsp3) is 0. The van der Waals surface area contributed by atoms with E-state index in [0.29, 0.717) is 5.56 Å². The number of hydrogen-bond donors (Lipinski definition) is 1. The molecule has 1 aromatic carbocycles. The second-order valence-electron chi connectivity index (χ2n) is 2.20. The average Bonchev–Trinajstić information content (AvgIpc) is 2.04. The predicted molar refractivity (Wildman–Crippen MR) is 47.5 cm³/mol. The number of rotatable bonds is 2. The molecule has 0 saturated carbocycles. The van der Waals surface area contributed by atoms with Gasteiger partial charge in [0, 0.05) is 5.56 Å². The van der Waals surface area contributed by atoms with E-state index in [1.165, 1.54) is 24.3 Å². The number of nitrogens with two attached hydrogens (primary N) is 1. The molecular weight excluding hydrogens is 177 g/mol. The van der Waals surface area contributed by atoms with E-state index in [1.807, 2.05) is 0 Å². The minimum absolute atomic E-state index is 0.207. The number of carbonyl (C=O) groups excluding carboxylic acids is 1. The van der Waals surface area contributed by atoms with Crippen LogP contribution >= 0.6 is 12.2 Å². The fourth-order valence-corrected chi connectivity index (χ4v) is 0.861. The van der Waals surface area contributed by atoms with Gasteiger partial charge in [0.05, 0.1) is 0 Å². The SMILES string of the molecule is NC(=S)C(=O)c1ccc(F)cc1. The summed E-state index contributed by atoms with van der Waals surface area (Å²) in [6.07, 6.45) is 0. The van der Waals surface area contributed by atoms with Crippen molar-refractivity contribution in [1.82, 2.24) is 0 Å². The van der Waals surface area contributed by atoms with Gasteiger partial charge in [-0.2, -0.15) is 0 Å². The Morgan fingerprint density at radius 1 is 1.33 bits per heavy atom. The van der Waals surface area contributed by atoms with Crippen LogP contribution in [0.4, 0.5) is 4.39 Å².